The zero-order valence-electron chi connectivity index (χ0n) is 9.07. The lowest BCUT2D eigenvalue weighted by molar-refractivity contribution is -0.137. The Morgan fingerprint density at radius 1 is 1.17 bits per heavy atom. The number of hydrogen-bond donors (Lipinski definition) is 0. The summed E-state index contributed by atoms with van der Waals surface area (Å²) < 4.78 is 38.8. The minimum absolute atomic E-state index is 0.0186. The van der Waals surface area contributed by atoms with Crippen molar-refractivity contribution < 1.29 is 13.2 Å². The van der Waals surface area contributed by atoms with Gasteiger partial charge in [0.15, 0.2) is 0 Å². The molecule has 2 nitrogen and oxygen atoms in total. The van der Waals surface area contributed by atoms with Crippen LogP contribution in [0.5, 0.6) is 0 Å². The molecule has 0 N–H and O–H groups in total. The number of halogens is 3. The minimum Gasteiger partial charge on any atom is -0.264 e. The van der Waals surface area contributed by atoms with Gasteiger partial charge in [0.1, 0.15) is 0 Å². The highest BCUT2D eigenvalue weighted by atomic mass is 19.4. The molecule has 2 aromatic rings. The van der Waals surface area contributed by atoms with Gasteiger partial charge >= 0.3 is 6.18 Å². The average molecular weight is 248 g/mol. The second kappa shape index (κ2) is 4.49. The Kier molecular flexibility index (Phi) is 3.02. The van der Waals surface area contributed by atoms with Gasteiger partial charge in [-0.05, 0) is 23.8 Å². The van der Waals surface area contributed by atoms with E-state index in [9.17, 15) is 13.2 Å². The summed E-state index contributed by atoms with van der Waals surface area (Å²) in [5, 5.41) is 8.66. The molecular weight excluding hydrogens is 241 g/mol. The number of hydrogen-bond acceptors (Lipinski definition) is 2. The summed E-state index contributed by atoms with van der Waals surface area (Å²) in [5.41, 5.74) is -0.451. The van der Waals surface area contributed by atoms with Crippen LogP contribution in [0.4, 0.5) is 13.2 Å². The normalized spacial score (nSPS) is 11.0. The van der Waals surface area contributed by atoms with Crippen molar-refractivity contribution in [2.75, 3.05) is 0 Å². The van der Waals surface area contributed by atoms with E-state index in [1.807, 2.05) is 0 Å². The third-order valence-corrected chi connectivity index (χ3v) is 2.43. The van der Waals surface area contributed by atoms with Gasteiger partial charge in [-0.1, -0.05) is 12.1 Å². The van der Waals surface area contributed by atoms with Gasteiger partial charge in [-0.25, -0.2) is 0 Å². The zero-order chi connectivity index (χ0) is 13.2. The molecule has 0 aliphatic heterocycles. The molecule has 5 heteroatoms. The summed E-state index contributed by atoms with van der Waals surface area (Å²) in [4.78, 5) is 3.79. The average Bonchev–Trinajstić information content (AvgIpc) is 2.38. The zero-order valence-corrected chi connectivity index (χ0v) is 9.07. The van der Waals surface area contributed by atoms with Gasteiger partial charge < -0.3 is 0 Å². The first-order valence-corrected chi connectivity index (χ1v) is 5.04. The van der Waals surface area contributed by atoms with Crippen molar-refractivity contribution in [3.05, 3.63) is 53.9 Å². The molecule has 0 bridgehead atoms. The Morgan fingerprint density at radius 3 is 2.50 bits per heavy atom. The summed E-state index contributed by atoms with van der Waals surface area (Å²) in [6, 6.07) is 8.31. The van der Waals surface area contributed by atoms with Crippen molar-refractivity contribution in [2.24, 2.45) is 0 Å². The Hall–Kier alpha value is -2.35. The van der Waals surface area contributed by atoms with Crippen LogP contribution < -0.4 is 0 Å². The molecule has 0 radical (unpaired) electrons. The van der Waals surface area contributed by atoms with E-state index in [0.717, 1.165) is 6.07 Å². The van der Waals surface area contributed by atoms with Crippen molar-refractivity contribution >= 4 is 0 Å². The molecule has 0 atom stereocenters. The predicted octanol–water partition coefficient (Wildman–Crippen LogP) is 3.64. The number of benzene rings is 1. The summed E-state index contributed by atoms with van der Waals surface area (Å²) in [6.45, 7) is 0. The second-order valence-corrected chi connectivity index (χ2v) is 3.61. The maximum atomic E-state index is 12.9. The number of alkyl halides is 3. The van der Waals surface area contributed by atoms with Gasteiger partial charge in [-0.15, -0.1) is 0 Å². The molecule has 1 aromatic heterocycles. The highest BCUT2D eigenvalue weighted by Gasteiger charge is 2.34. The summed E-state index contributed by atoms with van der Waals surface area (Å²) in [6.07, 6.45) is -1.66. The number of pyridine rings is 1. The highest BCUT2D eigenvalue weighted by Crippen LogP contribution is 2.37. The van der Waals surface area contributed by atoms with E-state index in [2.05, 4.69) is 4.98 Å². The molecule has 0 aliphatic carbocycles. The molecule has 0 unspecified atom stereocenters. The maximum absolute atomic E-state index is 12.9. The minimum atomic E-state index is -4.50. The Balaban J connectivity index is 2.65. The summed E-state index contributed by atoms with van der Waals surface area (Å²) in [7, 11) is 0. The molecule has 1 heterocycles. The van der Waals surface area contributed by atoms with E-state index in [4.69, 9.17) is 5.26 Å². The fourth-order valence-electron chi connectivity index (χ4n) is 1.62. The standard InChI is InChI=1S/C13H7F3N2/c14-13(15,16)12-6-9(7-17)3-4-11(12)10-2-1-5-18-8-10/h1-6,8H. The van der Waals surface area contributed by atoms with Crippen LogP contribution in [-0.4, -0.2) is 4.98 Å². The Bertz CT molecular complexity index is 598. The molecule has 1 aromatic carbocycles. The van der Waals surface area contributed by atoms with Crippen LogP contribution >= 0.6 is 0 Å². The third kappa shape index (κ3) is 2.33. The molecule has 0 saturated heterocycles. The first-order valence-electron chi connectivity index (χ1n) is 5.04. The Morgan fingerprint density at radius 2 is 1.94 bits per heavy atom. The van der Waals surface area contributed by atoms with Gasteiger partial charge in [0, 0.05) is 18.0 Å². The lowest BCUT2D eigenvalue weighted by atomic mass is 9.98. The van der Waals surface area contributed by atoms with Crippen LogP contribution in [-0.2, 0) is 6.18 Å². The lowest BCUT2D eigenvalue weighted by Crippen LogP contribution is -2.07. The van der Waals surface area contributed by atoms with Crippen molar-refractivity contribution in [1.82, 2.24) is 4.98 Å². The van der Waals surface area contributed by atoms with E-state index in [1.54, 1.807) is 18.2 Å². The van der Waals surface area contributed by atoms with E-state index >= 15 is 0 Å². The van der Waals surface area contributed by atoms with Crippen LogP contribution in [0, 0.1) is 11.3 Å². The SMILES string of the molecule is N#Cc1ccc(-c2cccnc2)c(C(F)(F)F)c1. The van der Waals surface area contributed by atoms with Crippen LogP contribution in [0.25, 0.3) is 11.1 Å². The smallest absolute Gasteiger partial charge is 0.264 e. The molecule has 90 valence electrons. The van der Waals surface area contributed by atoms with E-state index in [0.29, 0.717) is 5.56 Å². The van der Waals surface area contributed by atoms with Crippen molar-refractivity contribution in [3.8, 4) is 17.2 Å². The van der Waals surface area contributed by atoms with Gasteiger partial charge in [0.25, 0.3) is 0 Å². The van der Waals surface area contributed by atoms with Gasteiger partial charge in [0.2, 0.25) is 0 Å². The molecule has 0 spiro atoms. The van der Waals surface area contributed by atoms with Crippen molar-refractivity contribution in [3.63, 3.8) is 0 Å². The van der Waals surface area contributed by atoms with Crippen LogP contribution in [0.3, 0.4) is 0 Å². The number of nitriles is 1. The largest absolute Gasteiger partial charge is 0.417 e. The van der Waals surface area contributed by atoms with Crippen LogP contribution in [0.1, 0.15) is 11.1 Å². The molecule has 0 amide bonds. The Labute approximate surface area is 101 Å². The van der Waals surface area contributed by atoms with Gasteiger partial charge in [-0.3, -0.25) is 4.98 Å². The number of aromatic nitrogens is 1. The first kappa shape index (κ1) is 12.1. The number of rotatable bonds is 1. The first-order chi connectivity index (χ1) is 8.52. The molecule has 0 aliphatic rings. The summed E-state index contributed by atoms with van der Waals surface area (Å²) in [5.74, 6) is 0. The number of nitrogens with zero attached hydrogens (tertiary/aromatic N) is 2. The van der Waals surface area contributed by atoms with E-state index in [1.165, 1.54) is 24.5 Å². The monoisotopic (exact) mass is 248 g/mol. The second-order valence-electron chi connectivity index (χ2n) is 3.61. The van der Waals surface area contributed by atoms with Gasteiger partial charge in [0.05, 0.1) is 17.2 Å². The van der Waals surface area contributed by atoms with Gasteiger partial charge in [-0.2, -0.15) is 18.4 Å². The molecule has 0 fully saturated rings. The molecular formula is C13H7F3N2. The maximum Gasteiger partial charge on any atom is 0.417 e. The highest BCUT2D eigenvalue weighted by molar-refractivity contribution is 5.68. The third-order valence-electron chi connectivity index (χ3n) is 2.43. The predicted molar refractivity (Wildman–Crippen MR) is 59.4 cm³/mol. The molecule has 0 saturated carbocycles. The fraction of sp³-hybridized carbons (Fsp3) is 0.0769. The fourth-order valence-corrected chi connectivity index (χ4v) is 1.62. The van der Waals surface area contributed by atoms with E-state index in [-0.39, 0.29) is 11.1 Å². The van der Waals surface area contributed by atoms with Crippen molar-refractivity contribution in [1.29, 1.82) is 5.26 Å². The topological polar surface area (TPSA) is 36.7 Å². The van der Waals surface area contributed by atoms with Crippen molar-refractivity contribution in [2.45, 2.75) is 6.18 Å². The molecule has 2 rings (SSSR count). The summed E-state index contributed by atoms with van der Waals surface area (Å²) >= 11 is 0. The van der Waals surface area contributed by atoms with E-state index < -0.39 is 11.7 Å². The lowest BCUT2D eigenvalue weighted by Gasteiger charge is -2.12. The van der Waals surface area contributed by atoms with Crippen LogP contribution in [0.15, 0.2) is 42.7 Å². The molecule has 18 heavy (non-hydrogen) atoms. The van der Waals surface area contributed by atoms with Crippen LogP contribution in [0.2, 0.25) is 0 Å². The quantitative estimate of drug-likeness (QED) is 0.772.